The average Bonchev–Trinajstić information content (AvgIpc) is 3.03. The Morgan fingerprint density at radius 3 is 2.86 bits per heavy atom. The van der Waals surface area contributed by atoms with Crippen LogP contribution in [0.5, 0.6) is 5.75 Å². The maximum atomic E-state index is 15.0. The lowest BCUT2D eigenvalue weighted by atomic mass is 9.98. The van der Waals surface area contributed by atoms with E-state index >= 15 is 0 Å². The second-order valence-corrected chi connectivity index (χ2v) is 6.76. The van der Waals surface area contributed by atoms with Crippen LogP contribution in [0.25, 0.3) is 17.0 Å². The maximum absolute atomic E-state index is 15.0. The van der Waals surface area contributed by atoms with E-state index in [1.807, 2.05) is 13.8 Å². The molecule has 3 rings (SSSR count). The molecule has 1 aliphatic heterocycles. The molecule has 28 heavy (non-hydrogen) atoms. The summed E-state index contributed by atoms with van der Waals surface area (Å²) >= 11 is 6.10. The largest absolute Gasteiger partial charge is 0.501 e. The summed E-state index contributed by atoms with van der Waals surface area (Å²) in [5, 5.41) is 0.447. The Balaban J connectivity index is 2.26. The molecule has 2 heterocycles. The van der Waals surface area contributed by atoms with Crippen LogP contribution >= 0.6 is 11.6 Å². The molecule has 0 N–H and O–H groups in total. The number of methoxy groups -OCH3 is 2. The Labute approximate surface area is 167 Å². The van der Waals surface area contributed by atoms with Gasteiger partial charge in [-0.2, -0.15) is 0 Å². The van der Waals surface area contributed by atoms with Crippen molar-refractivity contribution in [3.05, 3.63) is 40.0 Å². The number of ether oxygens (including phenoxy) is 3. The van der Waals surface area contributed by atoms with Crippen LogP contribution in [0.15, 0.2) is 12.3 Å². The van der Waals surface area contributed by atoms with Crippen LogP contribution in [0.2, 0.25) is 5.02 Å². The molecule has 0 saturated carbocycles. The van der Waals surface area contributed by atoms with Crippen LogP contribution in [-0.4, -0.2) is 43.2 Å². The van der Waals surface area contributed by atoms with E-state index in [0.29, 0.717) is 24.2 Å². The van der Waals surface area contributed by atoms with E-state index in [2.05, 4.69) is 4.98 Å². The van der Waals surface area contributed by atoms with Crippen molar-refractivity contribution in [3.63, 3.8) is 0 Å². The molecule has 1 aromatic carbocycles. The van der Waals surface area contributed by atoms with Gasteiger partial charge in [0.15, 0.2) is 5.82 Å². The Bertz CT molecular complexity index is 948. The van der Waals surface area contributed by atoms with Gasteiger partial charge in [0.05, 0.1) is 31.7 Å². The second kappa shape index (κ2) is 8.32. The minimum atomic E-state index is -0.654. The lowest BCUT2D eigenvalue weighted by molar-refractivity contribution is -0.137. The maximum Gasteiger partial charge on any atom is 0.249 e. The molecule has 150 valence electrons. The predicted octanol–water partition coefficient (Wildman–Crippen LogP) is 4.09. The van der Waals surface area contributed by atoms with Gasteiger partial charge >= 0.3 is 0 Å². The van der Waals surface area contributed by atoms with Gasteiger partial charge in [-0.15, -0.1) is 0 Å². The van der Waals surface area contributed by atoms with Gasteiger partial charge in [-0.05, 0) is 31.6 Å². The van der Waals surface area contributed by atoms with E-state index in [4.69, 9.17) is 25.8 Å². The standard InChI is InChI=1S/C20H22ClFN2O4/c1-5-28-7-6-14-13-9-24(16(25)10-26-3)11(2)17(13)12-8-15(27-4)18(21)19(22)20(12)23-14/h6-8,11H,5,9-10H2,1-4H3/b7-6+. The first-order valence-corrected chi connectivity index (χ1v) is 9.27. The summed E-state index contributed by atoms with van der Waals surface area (Å²) in [5.41, 5.74) is 2.33. The zero-order valence-corrected chi connectivity index (χ0v) is 17.0. The second-order valence-electron chi connectivity index (χ2n) is 6.38. The number of fused-ring (bicyclic) bond motifs is 3. The molecule has 0 saturated heterocycles. The highest BCUT2D eigenvalue weighted by atomic mass is 35.5. The number of hydrogen-bond acceptors (Lipinski definition) is 5. The van der Waals surface area contributed by atoms with E-state index in [1.165, 1.54) is 20.5 Å². The number of amides is 1. The molecule has 2 aromatic rings. The first-order chi connectivity index (χ1) is 13.4. The van der Waals surface area contributed by atoms with Crippen molar-refractivity contribution >= 4 is 34.5 Å². The van der Waals surface area contributed by atoms with E-state index in [1.54, 1.807) is 17.0 Å². The number of hydrogen-bond donors (Lipinski definition) is 0. The van der Waals surface area contributed by atoms with Gasteiger partial charge in [0.2, 0.25) is 5.91 Å². The normalized spacial score (nSPS) is 16.1. The van der Waals surface area contributed by atoms with Gasteiger partial charge in [0.1, 0.15) is 22.9 Å². The van der Waals surface area contributed by atoms with E-state index < -0.39 is 5.82 Å². The van der Waals surface area contributed by atoms with E-state index in [-0.39, 0.29) is 34.8 Å². The van der Waals surface area contributed by atoms with E-state index in [9.17, 15) is 9.18 Å². The van der Waals surface area contributed by atoms with Gasteiger partial charge in [0.25, 0.3) is 0 Å². The van der Waals surface area contributed by atoms with Crippen molar-refractivity contribution in [2.24, 2.45) is 0 Å². The number of pyridine rings is 1. The summed E-state index contributed by atoms with van der Waals surface area (Å²) < 4.78 is 30.4. The lowest BCUT2D eigenvalue weighted by Crippen LogP contribution is -2.31. The fraction of sp³-hybridized carbons (Fsp3) is 0.400. The summed E-state index contributed by atoms with van der Waals surface area (Å²) in [6, 6.07) is 1.39. The molecule has 1 atom stereocenters. The molecule has 0 fully saturated rings. The number of benzene rings is 1. The van der Waals surface area contributed by atoms with Crippen LogP contribution in [0.1, 0.15) is 36.7 Å². The molecule has 0 radical (unpaired) electrons. The van der Waals surface area contributed by atoms with Crippen molar-refractivity contribution in [1.82, 2.24) is 9.88 Å². The van der Waals surface area contributed by atoms with Crippen molar-refractivity contribution in [3.8, 4) is 5.75 Å². The van der Waals surface area contributed by atoms with E-state index in [0.717, 1.165) is 11.1 Å². The number of nitrogens with zero attached hydrogens (tertiary/aromatic N) is 2. The summed E-state index contributed by atoms with van der Waals surface area (Å²) in [6.45, 7) is 4.57. The molecule has 8 heteroatoms. The minimum absolute atomic E-state index is 0.0304. The topological polar surface area (TPSA) is 60.9 Å². The van der Waals surface area contributed by atoms with Crippen molar-refractivity contribution in [2.75, 3.05) is 27.4 Å². The molecule has 1 aliphatic rings. The zero-order chi connectivity index (χ0) is 20.4. The Hall–Kier alpha value is -2.38. The molecule has 1 amide bonds. The smallest absolute Gasteiger partial charge is 0.249 e. The van der Waals surface area contributed by atoms with Gasteiger partial charge in [-0.3, -0.25) is 4.79 Å². The van der Waals surface area contributed by atoms with Gasteiger partial charge in [0, 0.05) is 24.6 Å². The Kier molecular flexibility index (Phi) is 6.05. The van der Waals surface area contributed by atoms with Crippen LogP contribution < -0.4 is 4.74 Å². The SMILES string of the molecule is CCO/C=C/c1nc2c(F)c(Cl)c(OC)cc2c2c1CN(C(=O)COC)C2C. The summed E-state index contributed by atoms with van der Waals surface area (Å²) in [5.74, 6) is -0.582. The number of rotatable bonds is 6. The third-order valence-electron chi connectivity index (χ3n) is 4.81. The van der Waals surface area contributed by atoms with Crippen molar-refractivity contribution in [1.29, 1.82) is 0 Å². The molecular weight excluding hydrogens is 387 g/mol. The Morgan fingerprint density at radius 1 is 1.46 bits per heavy atom. The summed E-state index contributed by atoms with van der Waals surface area (Å²) in [7, 11) is 2.90. The third-order valence-corrected chi connectivity index (χ3v) is 5.17. The number of aromatic nitrogens is 1. The summed E-state index contributed by atoms with van der Waals surface area (Å²) in [6.07, 6.45) is 3.19. The monoisotopic (exact) mass is 408 g/mol. The van der Waals surface area contributed by atoms with Crippen molar-refractivity contribution in [2.45, 2.75) is 26.4 Å². The number of carbonyl (C=O) groups excluding carboxylic acids is 1. The fourth-order valence-corrected chi connectivity index (χ4v) is 3.73. The van der Waals surface area contributed by atoms with Crippen LogP contribution in [-0.2, 0) is 20.8 Å². The highest BCUT2D eigenvalue weighted by Gasteiger charge is 2.35. The lowest BCUT2D eigenvalue weighted by Gasteiger charge is -2.22. The highest BCUT2D eigenvalue weighted by molar-refractivity contribution is 6.33. The average molecular weight is 409 g/mol. The molecule has 1 aromatic heterocycles. The molecule has 0 spiro atoms. The molecule has 1 unspecified atom stereocenters. The Morgan fingerprint density at radius 2 is 2.21 bits per heavy atom. The van der Waals surface area contributed by atoms with Crippen LogP contribution in [0.3, 0.4) is 0 Å². The minimum Gasteiger partial charge on any atom is -0.501 e. The molecular formula is C20H22ClFN2O4. The first-order valence-electron chi connectivity index (χ1n) is 8.89. The van der Waals surface area contributed by atoms with Crippen LogP contribution in [0, 0.1) is 5.82 Å². The number of carbonyl (C=O) groups is 1. The summed E-state index contributed by atoms with van der Waals surface area (Å²) in [4.78, 5) is 18.7. The van der Waals surface area contributed by atoms with Crippen molar-refractivity contribution < 1.29 is 23.4 Å². The van der Waals surface area contributed by atoms with Crippen LogP contribution in [0.4, 0.5) is 4.39 Å². The van der Waals surface area contributed by atoms with Gasteiger partial charge in [-0.25, -0.2) is 9.37 Å². The fourth-order valence-electron chi connectivity index (χ4n) is 3.51. The zero-order valence-electron chi connectivity index (χ0n) is 16.2. The number of halogens is 2. The molecule has 0 aliphatic carbocycles. The van der Waals surface area contributed by atoms with Gasteiger partial charge < -0.3 is 19.1 Å². The highest BCUT2D eigenvalue weighted by Crippen LogP contribution is 2.43. The molecule has 0 bridgehead atoms. The quantitative estimate of drug-likeness (QED) is 0.673. The molecule has 6 nitrogen and oxygen atoms in total. The third kappa shape index (κ3) is 3.40. The predicted molar refractivity (Wildman–Crippen MR) is 105 cm³/mol. The first kappa shape index (κ1) is 20.4. The van der Waals surface area contributed by atoms with Gasteiger partial charge in [-0.1, -0.05) is 11.6 Å².